The SMILES string of the molecule is C=CCSCCNC(=O)C1CC(C)CC1C(=O)O. The van der Waals surface area contributed by atoms with Gasteiger partial charge < -0.3 is 10.4 Å². The quantitative estimate of drug-likeness (QED) is 0.547. The molecule has 0 spiro atoms. The molecule has 0 saturated heterocycles. The molecule has 1 amide bonds. The second-order valence-electron chi connectivity index (χ2n) is 4.78. The summed E-state index contributed by atoms with van der Waals surface area (Å²) in [6.07, 6.45) is 3.12. The number of carbonyl (C=O) groups excluding carboxylic acids is 1. The average molecular weight is 271 g/mol. The zero-order valence-electron chi connectivity index (χ0n) is 10.7. The van der Waals surface area contributed by atoms with Crippen molar-refractivity contribution in [1.82, 2.24) is 5.32 Å². The number of carbonyl (C=O) groups is 2. The van der Waals surface area contributed by atoms with Gasteiger partial charge in [0.15, 0.2) is 0 Å². The summed E-state index contributed by atoms with van der Waals surface area (Å²) in [4.78, 5) is 23.0. The largest absolute Gasteiger partial charge is 0.481 e. The van der Waals surface area contributed by atoms with E-state index >= 15 is 0 Å². The standard InChI is InChI=1S/C13H21NO3S/c1-3-5-18-6-4-14-12(15)10-7-9(2)8-11(10)13(16)17/h3,9-11H,1,4-8H2,2H3,(H,14,15)(H,16,17). The first-order valence-electron chi connectivity index (χ1n) is 6.25. The van der Waals surface area contributed by atoms with Crippen LogP contribution in [0.5, 0.6) is 0 Å². The highest BCUT2D eigenvalue weighted by Crippen LogP contribution is 2.36. The fourth-order valence-corrected chi connectivity index (χ4v) is 2.98. The molecule has 0 bridgehead atoms. The summed E-state index contributed by atoms with van der Waals surface area (Å²) in [6, 6.07) is 0. The maximum absolute atomic E-state index is 11.9. The van der Waals surface area contributed by atoms with E-state index in [1.807, 2.05) is 13.0 Å². The van der Waals surface area contributed by atoms with E-state index in [1.54, 1.807) is 11.8 Å². The number of hydrogen-bond donors (Lipinski definition) is 2. The first kappa shape index (κ1) is 15.1. The molecule has 18 heavy (non-hydrogen) atoms. The molecule has 102 valence electrons. The first-order chi connectivity index (χ1) is 8.56. The lowest BCUT2D eigenvalue weighted by atomic mass is 9.95. The Morgan fingerprint density at radius 1 is 1.44 bits per heavy atom. The number of hydrogen-bond acceptors (Lipinski definition) is 3. The first-order valence-corrected chi connectivity index (χ1v) is 7.40. The summed E-state index contributed by atoms with van der Waals surface area (Å²) in [5.74, 6) is 0.192. The minimum Gasteiger partial charge on any atom is -0.481 e. The third kappa shape index (κ3) is 4.37. The number of carboxylic acids is 1. The van der Waals surface area contributed by atoms with Gasteiger partial charge in [-0.1, -0.05) is 13.0 Å². The van der Waals surface area contributed by atoms with Crippen LogP contribution in [0.1, 0.15) is 19.8 Å². The van der Waals surface area contributed by atoms with Gasteiger partial charge in [0.25, 0.3) is 0 Å². The van der Waals surface area contributed by atoms with Gasteiger partial charge in [0.05, 0.1) is 11.8 Å². The molecule has 2 N–H and O–H groups in total. The van der Waals surface area contributed by atoms with Gasteiger partial charge in [-0.25, -0.2) is 0 Å². The van der Waals surface area contributed by atoms with Gasteiger partial charge in [0.1, 0.15) is 0 Å². The molecular formula is C13H21NO3S. The topological polar surface area (TPSA) is 66.4 Å². The fourth-order valence-electron chi connectivity index (χ4n) is 2.40. The molecule has 0 aromatic carbocycles. The lowest BCUT2D eigenvalue weighted by Gasteiger charge is -2.15. The van der Waals surface area contributed by atoms with Crippen LogP contribution in [0.3, 0.4) is 0 Å². The van der Waals surface area contributed by atoms with Crippen molar-refractivity contribution < 1.29 is 14.7 Å². The fraction of sp³-hybridized carbons (Fsp3) is 0.692. The van der Waals surface area contributed by atoms with Crippen molar-refractivity contribution in [1.29, 1.82) is 0 Å². The van der Waals surface area contributed by atoms with E-state index in [-0.39, 0.29) is 11.8 Å². The van der Waals surface area contributed by atoms with E-state index in [1.165, 1.54) is 0 Å². The van der Waals surface area contributed by atoms with Crippen LogP contribution < -0.4 is 5.32 Å². The van der Waals surface area contributed by atoms with Gasteiger partial charge in [0.2, 0.25) is 5.91 Å². The predicted molar refractivity (Wildman–Crippen MR) is 73.5 cm³/mol. The third-order valence-corrected chi connectivity index (χ3v) is 4.20. The zero-order valence-corrected chi connectivity index (χ0v) is 11.5. The number of nitrogens with one attached hydrogen (secondary N) is 1. The number of rotatable bonds is 7. The Labute approximate surface area is 112 Å². The molecule has 3 atom stereocenters. The minimum atomic E-state index is -0.847. The molecule has 3 unspecified atom stereocenters. The number of carboxylic acid groups (broad SMARTS) is 1. The van der Waals surface area contributed by atoms with Crippen LogP contribution in [0, 0.1) is 17.8 Å². The summed E-state index contributed by atoms with van der Waals surface area (Å²) in [5.41, 5.74) is 0. The van der Waals surface area contributed by atoms with Crippen molar-refractivity contribution in [3.05, 3.63) is 12.7 Å². The molecule has 0 aromatic rings. The van der Waals surface area contributed by atoms with Crippen LogP contribution >= 0.6 is 11.8 Å². The maximum Gasteiger partial charge on any atom is 0.307 e. The molecule has 5 heteroatoms. The summed E-state index contributed by atoms with van der Waals surface area (Å²) in [6.45, 7) is 6.22. The van der Waals surface area contributed by atoms with Crippen molar-refractivity contribution in [3.8, 4) is 0 Å². The van der Waals surface area contributed by atoms with E-state index in [4.69, 9.17) is 5.11 Å². The van der Waals surface area contributed by atoms with Crippen molar-refractivity contribution >= 4 is 23.6 Å². The molecule has 1 fully saturated rings. The lowest BCUT2D eigenvalue weighted by Crippen LogP contribution is -2.36. The van der Waals surface area contributed by atoms with Crippen molar-refractivity contribution in [3.63, 3.8) is 0 Å². The maximum atomic E-state index is 11.9. The number of aliphatic carboxylic acids is 1. The molecule has 0 radical (unpaired) electrons. The van der Waals surface area contributed by atoms with Crippen molar-refractivity contribution in [2.45, 2.75) is 19.8 Å². The van der Waals surface area contributed by atoms with Crippen molar-refractivity contribution in [2.24, 2.45) is 17.8 Å². The Kier molecular flexibility index (Phi) is 6.25. The molecule has 1 aliphatic carbocycles. The second-order valence-corrected chi connectivity index (χ2v) is 5.93. The van der Waals surface area contributed by atoms with Crippen LogP contribution in [0.2, 0.25) is 0 Å². The Bertz CT molecular complexity index is 319. The van der Waals surface area contributed by atoms with E-state index in [9.17, 15) is 9.59 Å². The monoisotopic (exact) mass is 271 g/mol. The van der Waals surface area contributed by atoms with Gasteiger partial charge in [0, 0.05) is 18.1 Å². The van der Waals surface area contributed by atoms with Crippen LogP contribution in [-0.2, 0) is 9.59 Å². The molecule has 0 aliphatic heterocycles. The minimum absolute atomic E-state index is 0.106. The van der Waals surface area contributed by atoms with Crippen LogP contribution in [0.25, 0.3) is 0 Å². The molecule has 1 saturated carbocycles. The van der Waals surface area contributed by atoms with Gasteiger partial charge >= 0.3 is 5.97 Å². The molecular weight excluding hydrogens is 250 g/mol. The number of thioether (sulfide) groups is 1. The van der Waals surface area contributed by atoms with Crippen LogP contribution in [0.15, 0.2) is 12.7 Å². The molecule has 1 aliphatic rings. The van der Waals surface area contributed by atoms with E-state index in [2.05, 4.69) is 11.9 Å². The molecule has 0 heterocycles. The van der Waals surface area contributed by atoms with Crippen LogP contribution in [-0.4, -0.2) is 35.0 Å². The Hall–Kier alpha value is -0.970. The molecule has 0 aromatic heterocycles. The van der Waals surface area contributed by atoms with E-state index < -0.39 is 11.9 Å². The highest BCUT2D eigenvalue weighted by Gasteiger charge is 2.40. The van der Waals surface area contributed by atoms with Crippen molar-refractivity contribution in [2.75, 3.05) is 18.1 Å². The second kappa shape index (κ2) is 7.46. The number of amides is 1. The lowest BCUT2D eigenvalue weighted by molar-refractivity contribution is -0.146. The van der Waals surface area contributed by atoms with Gasteiger partial charge in [-0.3, -0.25) is 9.59 Å². The Morgan fingerprint density at radius 2 is 2.11 bits per heavy atom. The third-order valence-electron chi connectivity index (χ3n) is 3.23. The van der Waals surface area contributed by atoms with Gasteiger partial charge in [-0.15, -0.1) is 6.58 Å². The summed E-state index contributed by atoms with van der Waals surface area (Å²) < 4.78 is 0. The summed E-state index contributed by atoms with van der Waals surface area (Å²) in [5, 5.41) is 11.9. The average Bonchev–Trinajstić information content (AvgIpc) is 2.71. The smallest absolute Gasteiger partial charge is 0.307 e. The Morgan fingerprint density at radius 3 is 2.72 bits per heavy atom. The predicted octanol–water partition coefficient (Wildman–Crippen LogP) is 1.77. The Balaban J connectivity index is 2.35. The molecule has 4 nitrogen and oxygen atoms in total. The van der Waals surface area contributed by atoms with Gasteiger partial charge in [-0.05, 0) is 18.8 Å². The highest BCUT2D eigenvalue weighted by molar-refractivity contribution is 7.99. The summed E-state index contributed by atoms with van der Waals surface area (Å²) >= 11 is 1.70. The van der Waals surface area contributed by atoms with Gasteiger partial charge in [-0.2, -0.15) is 11.8 Å². The van der Waals surface area contributed by atoms with E-state index in [0.717, 1.165) is 11.5 Å². The van der Waals surface area contributed by atoms with E-state index in [0.29, 0.717) is 25.3 Å². The van der Waals surface area contributed by atoms with Crippen LogP contribution in [0.4, 0.5) is 0 Å². The molecule has 1 rings (SSSR count). The zero-order chi connectivity index (χ0) is 13.5. The normalized spacial score (nSPS) is 26.8. The summed E-state index contributed by atoms with van der Waals surface area (Å²) in [7, 11) is 0. The highest BCUT2D eigenvalue weighted by atomic mass is 32.2.